The van der Waals surface area contributed by atoms with E-state index in [0.29, 0.717) is 11.5 Å². The molecule has 0 aliphatic heterocycles. The quantitative estimate of drug-likeness (QED) is 0.331. The molecule has 0 spiro atoms. The number of alkyl carbamates (subject to hydrolysis) is 2. The highest BCUT2D eigenvalue weighted by Crippen LogP contribution is 2.23. The molecule has 0 aliphatic rings. The minimum Gasteiger partial charge on any atom is -0.492 e. The molecule has 1 rings (SSSR count). The topological polar surface area (TPSA) is 121 Å². The molecule has 2 N–H and O–H groups in total. The second-order valence-corrected chi connectivity index (χ2v) is 8.74. The summed E-state index contributed by atoms with van der Waals surface area (Å²) in [7, 11) is 1.27. The minimum absolute atomic E-state index is 0.142. The van der Waals surface area contributed by atoms with Crippen LogP contribution in [-0.2, 0) is 14.2 Å². The molecular weight excluding hydrogens is 420 g/mol. The summed E-state index contributed by atoms with van der Waals surface area (Å²) < 4.78 is 26.3. The Bertz CT molecular complexity index is 727. The van der Waals surface area contributed by atoms with Crippen molar-refractivity contribution >= 4 is 18.2 Å². The smallest absolute Gasteiger partial charge is 0.407 e. The molecule has 1 aromatic rings. The van der Waals surface area contributed by atoms with Gasteiger partial charge in [-0.1, -0.05) is 0 Å². The monoisotopic (exact) mass is 454 g/mol. The number of hydrogen-bond donors (Lipinski definition) is 2. The largest absolute Gasteiger partial charge is 0.492 e. The Labute approximate surface area is 188 Å². The Balaban J connectivity index is 2.61. The van der Waals surface area contributed by atoms with Gasteiger partial charge < -0.3 is 34.3 Å². The number of rotatable bonds is 9. The van der Waals surface area contributed by atoms with Gasteiger partial charge in [-0.05, 0) is 53.7 Å². The Morgan fingerprint density at radius 3 is 1.50 bits per heavy atom. The van der Waals surface area contributed by atoms with E-state index in [0.717, 1.165) is 0 Å². The van der Waals surface area contributed by atoms with Crippen molar-refractivity contribution in [3.63, 3.8) is 0 Å². The fourth-order valence-electron chi connectivity index (χ4n) is 2.25. The molecule has 10 nitrogen and oxygen atoms in total. The highest BCUT2D eigenvalue weighted by molar-refractivity contribution is 5.90. The van der Waals surface area contributed by atoms with E-state index in [9.17, 15) is 14.4 Å². The van der Waals surface area contributed by atoms with Crippen molar-refractivity contribution in [1.29, 1.82) is 0 Å². The van der Waals surface area contributed by atoms with E-state index in [1.807, 2.05) is 0 Å². The lowest BCUT2D eigenvalue weighted by molar-refractivity contribution is 0.0509. The summed E-state index contributed by atoms with van der Waals surface area (Å²) in [4.78, 5) is 35.3. The van der Waals surface area contributed by atoms with E-state index in [2.05, 4.69) is 10.6 Å². The molecule has 0 bridgehead atoms. The zero-order chi connectivity index (χ0) is 24.4. The normalized spacial score (nSPS) is 11.2. The summed E-state index contributed by atoms with van der Waals surface area (Å²) in [5, 5.41) is 5.16. The molecule has 10 heteroatoms. The standard InChI is InChI=1S/C22H34N2O8/c1-21(2,3)31-19(26)23-8-10-29-16-12-15(18(25)28-7)13-17(14-16)30-11-9-24-20(27)32-22(4,5)6/h12-14H,8-11H2,1-7H3,(H,23,26)(H,24,27). The Morgan fingerprint density at radius 2 is 1.16 bits per heavy atom. The highest BCUT2D eigenvalue weighted by atomic mass is 16.6. The van der Waals surface area contributed by atoms with Gasteiger partial charge in [0, 0.05) is 6.07 Å². The Kier molecular flexibility index (Phi) is 10.1. The van der Waals surface area contributed by atoms with Crippen molar-refractivity contribution in [3.8, 4) is 11.5 Å². The van der Waals surface area contributed by atoms with Crippen molar-refractivity contribution in [1.82, 2.24) is 10.6 Å². The molecule has 32 heavy (non-hydrogen) atoms. The summed E-state index contributed by atoms with van der Waals surface area (Å²) in [6, 6.07) is 4.60. The van der Waals surface area contributed by atoms with Crippen LogP contribution in [0.1, 0.15) is 51.9 Å². The summed E-state index contributed by atoms with van der Waals surface area (Å²) in [6.07, 6.45) is -1.10. The van der Waals surface area contributed by atoms with E-state index in [4.69, 9.17) is 23.7 Å². The second-order valence-electron chi connectivity index (χ2n) is 8.74. The first-order valence-electron chi connectivity index (χ1n) is 10.2. The average molecular weight is 455 g/mol. The maximum Gasteiger partial charge on any atom is 0.407 e. The number of methoxy groups -OCH3 is 1. The lowest BCUT2D eigenvalue weighted by Crippen LogP contribution is -2.34. The Morgan fingerprint density at radius 1 is 0.750 bits per heavy atom. The van der Waals surface area contributed by atoms with Crippen LogP contribution in [0.4, 0.5) is 9.59 Å². The number of ether oxygens (including phenoxy) is 5. The van der Waals surface area contributed by atoms with Crippen molar-refractivity contribution in [2.24, 2.45) is 0 Å². The van der Waals surface area contributed by atoms with Crippen LogP contribution in [-0.4, -0.2) is 62.8 Å². The third-order valence-electron chi connectivity index (χ3n) is 3.38. The molecule has 0 radical (unpaired) electrons. The van der Waals surface area contributed by atoms with Gasteiger partial charge in [0.05, 0.1) is 25.8 Å². The highest BCUT2D eigenvalue weighted by Gasteiger charge is 2.17. The lowest BCUT2D eigenvalue weighted by atomic mass is 10.2. The van der Waals surface area contributed by atoms with Gasteiger partial charge in [0.1, 0.15) is 35.9 Å². The third kappa shape index (κ3) is 11.9. The van der Waals surface area contributed by atoms with Gasteiger partial charge >= 0.3 is 18.2 Å². The van der Waals surface area contributed by atoms with E-state index < -0.39 is 29.4 Å². The summed E-state index contributed by atoms with van der Waals surface area (Å²) >= 11 is 0. The van der Waals surface area contributed by atoms with Crippen LogP contribution in [0.5, 0.6) is 11.5 Å². The molecule has 0 aliphatic carbocycles. The van der Waals surface area contributed by atoms with Gasteiger partial charge in [0.25, 0.3) is 0 Å². The van der Waals surface area contributed by atoms with Crippen LogP contribution in [0, 0.1) is 0 Å². The van der Waals surface area contributed by atoms with Gasteiger partial charge in [-0.25, -0.2) is 14.4 Å². The predicted molar refractivity (Wildman–Crippen MR) is 117 cm³/mol. The number of amides is 2. The van der Waals surface area contributed by atoms with Crippen molar-refractivity contribution in [3.05, 3.63) is 23.8 Å². The maximum atomic E-state index is 11.9. The van der Waals surface area contributed by atoms with E-state index in [1.165, 1.54) is 19.2 Å². The van der Waals surface area contributed by atoms with E-state index >= 15 is 0 Å². The van der Waals surface area contributed by atoms with Crippen LogP contribution < -0.4 is 20.1 Å². The molecule has 0 heterocycles. The average Bonchev–Trinajstić information content (AvgIpc) is 2.65. The van der Waals surface area contributed by atoms with Crippen LogP contribution in [0.25, 0.3) is 0 Å². The molecule has 1 aromatic carbocycles. The van der Waals surface area contributed by atoms with Crippen LogP contribution in [0.2, 0.25) is 0 Å². The molecule has 180 valence electrons. The van der Waals surface area contributed by atoms with Crippen molar-refractivity contribution in [2.45, 2.75) is 52.7 Å². The molecule has 0 unspecified atom stereocenters. The van der Waals surface area contributed by atoms with Gasteiger partial charge in [-0.2, -0.15) is 0 Å². The first kappa shape index (κ1) is 26.9. The predicted octanol–water partition coefficient (Wildman–Crippen LogP) is 3.28. The molecule has 0 saturated heterocycles. The SMILES string of the molecule is COC(=O)c1cc(OCCNC(=O)OC(C)(C)C)cc(OCCNC(=O)OC(C)(C)C)c1. The van der Waals surface area contributed by atoms with Crippen molar-refractivity contribution < 1.29 is 38.1 Å². The van der Waals surface area contributed by atoms with Crippen LogP contribution >= 0.6 is 0 Å². The number of hydrogen-bond acceptors (Lipinski definition) is 8. The number of carbonyl (C=O) groups excluding carboxylic acids is 3. The van der Waals surface area contributed by atoms with E-state index in [-0.39, 0.29) is 31.9 Å². The third-order valence-corrected chi connectivity index (χ3v) is 3.38. The molecule has 0 aromatic heterocycles. The maximum absolute atomic E-state index is 11.9. The van der Waals surface area contributed by atoms with Crippen LogP contribution in [0.15, 0.2) is 18.2 Å². The first-order valence-corrected chi connectivity index (χ1v) is 10.2. The van der Waals surface area contributed by atoms with Gasteiger partial charge in [-0.15, -0.1) is 0 Å². The van der Waals surface area contributed by atoms with E-state index in [1.54, 1.807) is 47.6 Å². The number of nitrogens with one attached hydrogen (secondary N) is 2. The van der Waals surface area contributed by atoms with Gasteiger partial charge in [0.2, 0.25) is 0 Å². The lowest BCUT2D eigenvalue weighted by Gasteiger charge is -2.20. The minimum atomic E-state index is -0.593. The number of esters is 1. The molecule has 0 atom stereocenters. The van der Waals surface area contributed by atoms with Gasteiger partial charge in [-0.3, -0.25) is 0 Å². The molecule has 0 fully saturated rings. The van der Waals surface area contributed by atoms with Crippen LogP contribution in [0.3, 0.4) is 0 Å². The zero-order valence-electron chi connectivity index (χ0n) is 19.8. The number of benzene rings is 1. The first-order chi connectivity index (χ1) is 14.8. The fraction of sp³-hybridized carbons (Fsp3) is 0.591. The van der Waals surface area contributed by atoms with Gasteiger partial charge in [0.15, 0.2) is 0 Å². The molecular formula is C22H34N2O8. The fourth-order valence-corrected chi connectivity index (χ4v) is 2.25. The van der Waals surface area contributed by atoms with Crippen molar-refractivity contribution in [2.75, 3.05) is 33.4 Å². The molecule has 2 amide bonds. The summed E-state index contributed by atoms with van der Waals surface area (Å²) in [5.74, 6) is 0.155. The molecule has 0 saturated carbocycles. The zero-order valence-corrected chi connectivity index (χ0v) is 19.8. The summed E-state index contributed by atoms with van der Waals surface area (Å²) in [6.45, 7) is 11.3. The second kappa shape index (κ2) is 12.0. The number of carbonyl (C=O) groups is 3. The summed E-state index contributed by atoms with van der Waals surface area (Å²) in [5.41, 5.74) is -0.949. The Hall–Kier alpha value is -3.17.